The highest BCUT2D eigenvalue weighted by molar-refractivity contribution is 5.96. The van der Waals surface area contributed by atoms with Crippen molar-refractivity contribution < 1.29 is 27.4 Å². The van der Waals surface area contributed by atoms with E-state index in [1.54, 1.807) is 18.3 Å². The van der Waals surface area contributed by atoms with E-state index in [1.165, 1.54) is 24.3 Å². The first kappa shape index (κ1) is 25.6. The summed E-state index contributed by atoms with van der Waals surface area (Å²) >= 11 is 0. The van der Waals surface area contributed by atoms with Crippen LogP contribution in [0.1, 0.15) is 34.3 Å². The summed E-state index contributed by atoms with van der Waals surface area (Å²) in [6, 6.07) is 13.7. The van der Waals surface area contributed by atoms with Gasteiger partial charge < -0.3 is 20.1 Å². The fourth-order valence-electron chi connectivity index (χ4n) is 4.63. The molecule has 2 aromatic carbocycles. The average molecular weight is 525 g/mol. The minimum absolute atomic E-state index is 0.0484. The number of primary amides is 1. The Kier molecular flexibility index (Phi) is 6.98. The minimum atomic E-state index is -4.53. The lowest BCUT2D eigenvalue weighted by atomic mass is 10.1. The molecule has 1 aliphatic rings. The van der Waals surface area contributed by atoms with Gasteiger partial charge in [-0.25, -0.2) is 4.98 Å². The second-order valence-electron chi connectivity index (χ2n) is 9.37. The number of hydrogen-bond donors (Lipinski definition) is 1. The molecule has 4 aromatic rings. The highest BCUT2D eigenvalue weighted by Crippen LogP contribution is 2.34. The fraction of sp³-hybridized carbons (Fsp3) is 0.286. The predicted molar refractivity (Wildman–Crippen MR) is 136 cm³/mol. The number of nitrogens with two attached hydrogens (primary N) is 1. The third-order valence-corrected chi connectivity index (χ3v) is 6.70. The molecule has 1 fully saturated rings. The quantitative estimate of drug-likeness (QED) is 0.361. The monoisotopic (exact) mass is 524 g/mol. The van der Waals surface area contributed by atoms with Gasteiger partial charge in [0.25, 0.3) is 5.91 Å². The number of carbonyl (C=O) groups is 1. The van der Waals surface area contributed by atoms with Crippen molar-refractivity contribution in [2.75, 3.05) is 20.1 Å². The Hall–Kier alpha value is -4.05. The molecule has 1 amide bonds. The van der Waals surface area contributed by atoms with Gasteiger partial charge in [0, 0.05) is 36.5 Å². The van der Waals surface area contributed by atoms with Gasteiger partial charge in [-0.3, -0.25) is 9.20 Å². The Labute approximate surface area is 217 Å². The molecule has 38 heavy (non-hydrogen) atoms. The zero-order valence-corrected chi connectivity index (χ0v) is 20.7. The Bertz CT molecular complexity index is 1460. The van der Waals surface area contributed by atoms with Crippen LogP contribution in [0, 0.1) is 0 Å². The summed E-state index contributed by atoms with van der Waals surface area (Å²) < 4.78 is 54.0. The van der Waals surface area contributed by atoms with Gasteiger partial charge in [0.05, 0.1) is 23.0 Å². The number of nitrogens with zero attached hydrogens (tertiary/aromatic N) is 3. The van der Waals surface area contributed by atoms with Crippen molar-refractivity contribution in [3.63, 3.8) is 0 Å². The van der Waals surface area contributed by atoms with Gasteiger partial charge in [0.2, 0.25) is 0 Å². The van der Waals surface area contributed by atoms with Gasteiger partial charge in [0.15, 0.2) is 0 Å². The number of amides is 1. The van der Waals surface area contributed by atoms with E-state index in [0.717, 1.165) is 37.7 Å². The van der Waals surface area contributed by atoms with E-state index in [-0.39, 0.29) is 29.6 Å². The summed E-state index contributed by atoms with van der Waals surface area (Å²) in [5.41, 5.74) is 6.78. The van der Waals surface area contributed by atoms with E-state index in [1.807, 2.05) is 22.7 Å². The lowest BCUT2D eigenvalue weighted by molar-refractivity contribution is -0.138. The van der Waals surface area contributed by atoms with Crippen LogP contribution in [0.15, 0.2) is 67.0 Å². The normalized spacial score (nSPS) is 15.1. The molecular formula is C28H27F3N4O3. The van der Waals surface area contributed by atoms with E-state index in [9.17, 15) is 18.0 Å². The van der Waals surface area contributed by atoms with Gasteiger partial charge in [0.1, 0.15) is 29.9 Å². The third kappa shape index (κ3) is 5.45. The van der Waals surface area contributed by atoms with Crippen LogP contribution in [-0.4, -0.2) is 46.4 Å². The minimum Gasteiger partial charge on any atom is -0.490 e. The Morgan fingerprint density at radius 3 is 2.61 bits per heavy atom. The van der Waals surface area contributed by atoms with Crippen LogP contribution < -0.4 is 15.2 Å². The number of alkyl halides is 3. The number of carbonyl (C=O) groups excluding carboxylic acids is 1. The zero-order valence-electron chi connectivity index (χ0n) is 20.7. The number of hydrogen-bond acceptors (Lipinski definition) is 5. The maximum Gasteiger partial charge on any atom is 0.416 e. The molecule has 0 radical (unpaired) electrons. The highest BCUT2D eigenvalue weighted by Gasteiger charge is 2.33. The molecule has 7 nitrogen and oxygen atoms in total. The smallest absolute Gasteiger partial charge is 0.416 e. The van der Waals surface area contributed by atoms with Crippen LogP contribution in [-0.2, 0) is 12.8 Å². The van der Waals surface area contributed by atoms with Crippen molar-refractivity contribution in [2.24, 2.45) is 5.73 Å². The summed E-state index contributed by atoms with van der Waals surface area (Å²) in [5.74, 6) is 0.0780. The average Bonchev–Trinajstić information content (AvgIpc) is 3.31. The largest absolute Gasteiger partial charge is 0.490 e. The summed E-state index contributed by atoms with van der Waals surface area (Å²) in [6.45, 7) is 1.60. The SMILES string of the molecule is CN1CCC(Oc2ccn3c(-c4ccc(C(N)=O)c(OCc5ccccc5C(F)(F)F)c4)cnc3c2)CC1. The number of aromatic nitrogens is 2. The third-order valence-electron chi connectivity index (χ3n) is 6.70. The molecule has 0 spiro atoms. The van der Waals surface area contributed by atoms with Crippen LogP contribution >= 0.6 is 0 Å². The van der Waals surface area contributed by atoms with Crippen LogP contribution in [0.2, 0.25) is 0 Å². The number of ether oxygens (including phenoxy) is 2. The van der Waals surface area contributed by atoms with Crippen LogP contribution in [0.3, 0.4) is 0 Å². The van der Waals surface area contributed by atoms with E-state index >= 15 is 0 Å². The van der Waals surface area contributed by atoms with Crippen molar-refractivity contribution >= 4 is 11.6 Å². The molecule has 2 aromatic heterocycles. The number of piperidine rings is 1. The molecule has 198 valence electrons. The Balaban J connectivity index is 1.40. The highest BCUT2D eigenvalue weighted by atomic mass is 19.4. The topological polar surface area (TPSA) is 82.1 Å². The second-order valence-corrected chi connectivity index (χ2v) is 9.37. The number of rotatable bonds is 7. The van der Waals surface area contributed by atoms with E-state index in [2.05, 4.69) is 16.9 Å². The zero-order chi connectivity index (χ0) is 26.9. The number of halogens is 3. The lowest BCUT2D eigenvalue weighted by Gasteiger charge is -2.29. The van der Waals surface area contributed by atoms with Gasteiger partial charge in [-0.15, -0.1) is 0 Å². The molecule has 0 saturated carbocycles. The number of likely N-dealkylation sites (tertiary alicyclic amines) is 1. The second kappa shape index (κ2) is 10.4. The van der Waals surface area contributed by atoms with Gasteiger partial charge in [-0.1, -0.05) is 24.3 Å². The van der Waals surface area contributed by atoms with Crippen molar-refractivity contribution in [2.45, 2.75) is 31.7 Å². The molecule has 2 N–H and O–H groups in total. The summed E-state index contributed by atoms with van der Waals surface area (Å²) in [6.07, 6.45) is 1.08. The summed E-state index contributed by atoms with van der Waals surface area (Å²) in [7, 11) is 2.10. The Morgan fingerprint density at radius 2 is 1.87 bits per heavy atom. The number of imidazole rings is 1. The molecule has 0 atom stereocenters. The molecule has 1 aliphatic heterocycles. The van der Waals surface area contributed by atoms with Gasteiger partial charge in [-0.2, -0.15) is 13.2 Å². The molecule has 0 aliphatic carbocycles. The standard InChI is InChI=1S/C28H27F3N4O3/c1-34-11-8-20(9-12-34)38-21-10-13-35-24(16-33-26(35)15-21)18-6-7-22(27(32)36)25(14-18)37-17-19-4-2-3-5-23(19)28(29,30)31/h2-7,10,13-16,20H,8-9,11-12,17H2,1H3,(H2,32,36). The van der Waals surface area contributed by atoms with Crippen LogP contribution in [0.5, 0.6) is 11.5 Å². The van der Waals surface area contributed by atoms with Crippen molar-refractivity contribution in [3.05, 3.63) is 83.7 Å². The maximum absolute atomic E-state index is 13.4. The summed E-state index contributed by atoms with van der Waals surface area (Å²) in [4.78, 5) is 18.8. The number of pyridine rings is 1. The van der Waals surface area contributed by atoms with Crippen LogP contribution in [0.4, 0.5) is 13.2 Å². The van der Waals surface area contributed by atoms with Crippen molar-refractivity contribution in [1.29, 1.82) is 0 Å². The van der Waals surface area contributed by atoms with Gasteiger partial charge in [-0.05, 0) is 44.2 Å². The Morgan fingerprint density at radius 1 is 1.11 bits per heavy atom. The molecule has 3 heterocycles. The maximum atomic E-state index is 13.4. The molecule has 5 rings (SSSR count). The summed E-state index contributed by atoms with van der Waals surface area (Å²) in [5, 5.41) is 0. The first-order chi connectivity index (χ1) is 18.2. The van der Waals surface area contributed by atoms with E-state index in [0.29, 0.717) is 16.9 Å². The van der Waals surface area contributed by atoms with Gasteiger partial charge >= 0.3 is 6.18 Å². The number of fused-ring (bicyclic) bond motifs is 1. The lowest BCUT2D eigenvalue weighted by Crippen LogP contribution is -2.35. The van der Waals surface area contributed by atoms with Crippen LogP contribution in [0.25, 0.3) is 16.9 Å². The molecular weight excluding hydrogens is 497 g/mol. The molecule has 10 heteroatoms. The predicted octanol–water partition coefficient (Wildman–Crippen LogP) is 5.17. The number of benzene rings is 2. The van der Waals surface area contributed by atoms with Crippen molar-refractivity contribution in [3.8, 4) is 22.8 Å². The molecule has 0 unspecified atom stereocenters. The van der Waals surface area contributed by atoms with E-state index < -0.39 is 17.6 Å². The van der Waals surface area contributed by atoms with E-state index in [4.69, 9.17) is 15.2 Å². The fourth-order valence-corrected chi connectivity index (χ4v) is 4.63. The first-order valence-electron chi connectivity index (χ1n) is 12.2. The van der Waals surface area contributed by atoms with Crippen molar-refractivity contribution in [1.82, 2.24) is 14.3 Å². The molecule has 1 saturated heterocycles. The first-order valence-corrected chi connectivity index (χ1v) is 12.2. The molecule has 0 bridgehead atoms.